The second-order valence-corrected chi connectivity index (χ2v) is 6.12. The Morgan fingerprint density at radius 1 is 1.28 bits per heavy atom. The number of carbonyl (C=O) groups excluding carboxylic acids is 1. The number of nitrogens with one attached hydrogen (secondary N) is 1. The normalized spacial score (nSPS) is 15.2. The number of hydrogen-bond donors (Lipinski definition) is 1. The van der Waals surface area contributed by atoms with E-state index in [-0.39, 0.29) is 11.6 Å². The van der Waals surface area contributed by atoms with E-state index in [0.717, 1.165) is 19.5 Å². The van der Waals surface area contributed by atoms with Crippen molar-refractivity contribution < 1.29 is 4.79 Å². The Labute approximate surface area is 109 Å². The van der Waals surface area contributed by atoms with E-state index in [0.29, 0.717) is 0 Å². The van der Waals surface area contributed by atoms with Crippen molar-refractivity contribution in [2.75, 3.05) is 6.54 Å². The van der Waals surface area contributed by atoms with Gasteiger partial charge in [0.1, 0.15) is 0 Å². The van der Waals surface area contributed by atoms with Crippen molar-refractivity contribution in [2.45, 2.75) is 46.2 Å². The van der Waals surface area contributed by atoms with Gasteiger partial charge in [-0.3, -0.25) is 0 Å². The van der Waals surface area contributed by atoms with Gasteiger partial charge in [-0.25, -0.2) is 4.79 Å². The number of rotatable bonds is 0. The van der Waals surface area contributed by atoms with Crippen molar-refractivity contribution >= 4 is 6.03 Å². The molecule has 0 fully saturated rings. The van der Waals surface area contributed by atoms with E-state index >= 15 is 0 Å². The van der Waals surface area contributed by atoms with Gasteiger partial charge < -0.3 is 10.2 Å². The minimum atomic E-state index is -0.176. The molecule has 1 aliphatic heterocycles. The van der Waals surface area contributed by atoms with E-state index in [2.05, 4.69) is 30.4 Å². The van der Waals surface area contributed by atoms with Crippen molar-refractivity contribution in [2.24, 2.45) is 0 Å². The molecular formula is C15H22N2O. The number of nitrogens with zero attached hydrogens (tertiary/aromatic N) is 1. The predicted octanol–water partition coefficient (Wildman–Crippen LogP) is 2.86. The maximum absolute atomic E-state index is 12.1. The fourth-order valence-corrected chi connectivity index (χ4v) is 2.25. The van der Waals surface area contributed by atoms with Gasteiger partial charge in [0.05, 0.1) is 0 Å². The second kappa shape index (κ2) is 4.63. The first-order chi connectivity index (χ1) is 8.35. The number of aryl methyl sites for hydroxylation is 1. The Kier molecular flexibility index (Phi) is 3.33. The fourth-order valence-electron chi connectivity index (χ4n) is 2.25. The quantitative estimate of drug-likeness (QED) is 0.750. The highest BCUT2D eigenvalue weighted by Crippen LogP contribution is 2.20. The summed E-state index contributed by atoms with van der Waals surface area (Å²) in [4.78, 5) is 14.0. The number of hydrogen-bond acceptors (Lipinski definition) is 1. The number of fused-ring (bicyclic) bond motifs is 1. The molecule has 0 saturated heterocycles. The van der Waals surface area contributed by atoms with E-state index < -0.39 is 0 Å². The van der Waals surface area contributed by atoms with Gasteiger partial charge in [0.2, 0.25) is 0 Å². The van der Waals surface area contributed by atoms with Gasteiger partial charge in [0, 0.05) is 18.6 Å². The molecule has 2 rings (SSSR count). The Balaban J connectivity index is 2.08. The zero-order valence-electron chi connectivity index (χ0n) is 11.7. The summed E-state index contributed by atoms with van der Waals surface area (Å²) in [5.41, 5.74) is 3.78. The molecule has 98 valence electrons. The van der Waals surface area contributed by atoms with Gasteiger partial charge in [0.15, 0.2) is 0 Å². The Morgan fingerprint density at radius 2 is 2.00 bits per heavy atom. The molecule has 1 heterocycles. The third-order valence-electron chi connectivity index (χ3n) is 3.14. The van der Waals surface area contributed by atoms with Gasteiger partial charge in [0.25, 0.3) is 0 Å². The van der Waals surface area contributed by atoms with Crippen LogP contribution in [0.2, 0.25) is 0 Å². The van der Waals surface area contributed by atoms with Crippen LogP contribution in [0.4, 0.5) is 4.79 Å². The van der Waals surface area contributed by atoms with Gasteiger partial charge >= 0.3 is 6.03 Å². The summed E-state index contributed by atoms with van der Waals surface area (Å²) in [5.74, 6) is 0. The first-order valence-corrected chi connectivity index (χ1v) is 6.51. The Bertz CT molecular complexity index is 460. The molecule has 0 spiro atoms. The zero-order chi connectivity index (χ0) is 13.3. The van der Waals surface area contributed by atoms with Crippen LogP contribution in [0.3, 0.4) is 0 Å². The highest BCUT2D eigenvalue weighted by molar-refractivity contribution is 5.75. The van der Waals surface area contributed by atoms with Crippen LogP contribution in [-0.4, -0.2) is 23.0 Å². The largest absolute Gasteiger partial charge is 0.333 e. The molecule has 0 saturated carbocycles. The summed E-state index contributed by atoms with van der Waals surface area (Å²) in [6.45, 7) is 9.65. The molecule has 0 atom stereocenters. The molecule has 0 bridgehead atoms. The van der Waals surface area contributed by atoms with Crippen molar-refractivity contribution in [3.8, 4) is 0 Å². The lowest BCUT2D eigenvalue weighted by atomic mass is 9.98. The average molecular weight is 246 g/mol. The lowest BCUT2D eigenvalue weighted by Crippen LogP contribution is -2.49. The smallest absolute Gasteiger partial charge is 0.318 e. The summed E-state index contributed by atoms with van der Waals surface area (Å²) < 4.78 is 0. The summed E-state index contributed by atoms with van der Waals surface area (Å²) in [6.07, 6.45) is 0.953. The molecule has 18 heavy (non-hydrogen) atoms. The molecule has 0 aromatic heterocycles. The van der Waals surface area contributed by atoms with Crippen molar-refractivity contribution in [3.63, 3.8) is 0 Å². The average Bonchev–Trinajstić information content (AvgIpc) is 2.26. The SMILES string of the molecule is Cc1ccc2c(c1)CCN(C(=O)NC(C)(C)C)C2. The lowest BCUT2D eigenvalue weighted by molar-refractivity contribution is 0.183. The monoisotopic (exact) mass is 246 g/mol. The van der Waals surface area contributed by atoms with E-state index in [9.17, 15) is 4.79 Å². The molecule has 3 heteroatoms. The molecule has 2 amide bonds. The van der Waals surface area contributed by atoms with Crippen LogP contribution < -0.4 is 5.32 Å². The maximum atomic E-state index is 12.1. The molecule has 1 aromatic carbocycles. The maximum Gasteiger partial charge on any atom is 0.318 e. The molecule has 1 aliphatic rings. The molecule has 3 nitrogen and oxygen atoms in total. The number of urea groups is 1. The van der Waals surface area contributed by atoms with Crippen molar-refractivity contribution in [1.82, 2.24) is 10.2 Å². The molecule has 0 radical (unpaired) electrons. The first kappa shape index (κ1) is 12.9. The third-order valence-corrected chi connectivity index (χ3v) is 3.14. The predicted molar refractivity (Wildman–Crippen MR) is 73.6 cm³/mol. The van der Waals surface area contributed by atoms with Crippen LogP contribution in [0.5, 0.6) is 0 Å². The Morgan fingerprint density at radius 3 is 2.67 bits per heavy atom. The second-order valence-electron chi connectivity index (χ2n) is 6.12. The number of amides is 2. The molecule has 1 aromatic rings. The summed E-state index contributed by atoms with van der Waals surface area (Å²) in [7, 11) is 0. The Hall–Kier alpha value is -1.51. The van der Waals surface area contributed by atoms with E-state index in [1.807, 2.05) is 25.7 Å². The van der Waals surface area contributed by atoms with Gasteiger partial charge in [-0.1, -0.05) is 23.8 Å². The zero-order valence-corrected chi connectivity index (χ0v) is 11.7. The first-order valence-electron chi connectivity index (χ1n) is 6.51. The van der Waals surface area contributed by atoms with Crippen LogP contribution in [0.1, 0.15) is 37.5 Å². The molecule has 1 N–H and O–H groups in total. The lowest BCUT2D eigenvalue weighted by Gasteiger charge is -2.32. The standard InChI is InChI=1S/C15H22N2O/c1-11-5-6-13-10-17(8-7-12(13)9-11)14(18)16-15(2,3)4/h5-6,9H,7-8,10H2,1-4H3,(H,16,18). The minimum absolute atomic E-state index is 0.0359. The summed E-state index contributed by atoms with van der Waals surface area (Å²) >= 11 is 0. The van der Waals surface area contributed by atoms with Crippen LogP contribution in [0.15, 0.2) is 18.2 Å². The van der Waals surface area contributed by atoms with Gasteiger partial charge in [-0.2, -0.15) is 0 Å². The van der Waals surface area contributed by atoms with Crippen LogP contribution in [-0.2, 0) is 13.0 Å². The van der Waals surface area contributed by atoms with E-state index in [4.69, 9.17) is 0 Å². The number of benzene rings is 1. The van der Waals surface area contributed by atoms with Crippen molar-refractivity contribution in [3.05, 3.63) is 34.9 Å². The van der Waals surface area contributed by atoms with Crippen LogP contribution in [0, 0.1) is 6.92 Å². The van der Waals surface area contributed by atoms with Crippen LogP contribution >= 0.6 is 0 Å². The fraction of sp³-hybridized carbons (Fsp3) is 0.533. The van der Waals surface area contributed by atoms with E-state index in [1.165, 1.54) is 16.7 Å². The van der Waals surface area contributed by atoms with Gasteiger partial charge in [-0.15, -0.1) is 0 Å². The third kappa shape index (κ3) is 3.03. The molecular weight excluding hydrogens is 224 g/mol. The highest BCUT2D eigenvalue weighted by atomic mass is 16.2. The topological polar surface area (TPSA) is 32.3 Å². The van der Waals surface area contributed by atoms with Gasteiger partial charge in [-0.05, 0) is 45.2 Å². The van der Waals surface area contributed by atoms with Crippen molar-refractivity contribution in [1.29, 1.82) is 0 Å². The van der Waals surface area contributed by atoms with E-state index in [1.54, 1.807) is 0 Å². The minimum Gasteiger partial charge on any atom is -0.333 e. The van der Waals surface area contributed by atoms with Crippen LogP contribution in [0.25, 0.3) is 0 Å². The number of carbonyl (C=O) groups is 1. The molecule has 0 unspecified atom stereocenters. The molecule has 0 aliphatic carbocycles. The summed E-state index contributed by atoms with van der Waals surface area (Å²) in [5, 5.41) is 3.02. The summed E-state index contributed by atoms with van der Waals surface area (Å²) in [6, 6.07) is 6.52. The highest BCUT2D eigenvalue weighted by Gasteiger charge is 2.23.